The fraction of sp³-hybridized carbons (Fsp3) is 0.933. The lowest BCUT2D eigenvalue weighted by atomic mass is 9.82. The minimum absolute atomic E-state index is 0.0423. The number of unbranched alkanes of at least 4 members (excludes halogenated alkanes) is 1. The molecule has 0 spiro atoms. The number of oxime groups is 1. The number of aliphatic hydroxyl groups excluding tert-OH is 1. The molecule has 5 heteroatoms. The van der Waals surface area contributed by atoms with Crippen molar-refractivity contribution < 1.29 is 10.3 Å². The molecule has 1 fully saturated rings. The molecule has 1 aliphatic rings. The Morgan fingerprint density at radius 2 is 1.90 bits per heavy atom. The minimum atomic E-state index is -0.256. The summed E-state index contributed by atoms with van der Waals surface area (Å²) in [5.74, 6) is 0.296. The molecule has 0 atom stereocenters. The van der Waals surface area contributed by atoms with Gasteiger partial charge in [-0.25, -0.2) is 0 Å². The second-order valence-corrected chi connectivity index (χ2v) is 6.75. The molecule has 0 saturated heterocycles. The zero-order chi connectivity index (χ0) is 15.1. The molecule has 0 aromatic rings. The maximum absolute atomic E-state index is 9.61. The molecule has 20 heavy (non-hydrogen) atoms. The Balaban J connectivity index is 2.24. The minimum Gasteiger partial charge on any atom is -0.409 e. The molecule has 0 aliphatic heterocycles. The quantitative estimate of drug-likeness (QED) is 0.181. The summed E-state index contributed by atoms with van der Waals surface area (Å²) in [5, 5.41) is 25.0. The lowest BCUT2D eigenvalue weighted by Crippen LogP contribution is -2.50. The molecule has 1 rings (SSSR count). The average Bonchev–Trinajstić information content (AvgIpc) is 2.46. The van der Waals surface area contributed by atoms with E-state index in [2.05, 4.69) is 10.5 Å². The third-order valence-electron chi connectivity index (χ3n) is 4.64. The molecule has 118 valence electrons. The number of nitrogens with two attached hydrogens (primary N) is 1. The highest BCUT2D eigenvalue weighted by molar-refractivity contribution is 5.85. The van der Waals surface area contributed by atoms with Crippen molar-refractivity contribution >= 4 is 5.84 Å². The zero-order valence-corrected chi connectivity index (χ0v) is 13.0. The van der Waals surface area contributed by atoms with Gasteiger partial charge in [0.05, 0.1) is 6.61 Å². The van der Waals surface area contributed by atoms with Crippen molar-refractivity contribution in [2.24, 2.45) is 16.3 Å². The first-order chi connectivity index (χ1) is 9.46. The van der Waals surface area contributed by atoms with Crippen LogP contribution in [-0.4, -0.2) is 34.8 Å². The Bertz CT molecular complexity index is 310. The summed E-state index contributed by atoms with van der Waals surface area (Å²) >= 11 is 0. The van der Waals surface area contributed by atoms with Gasteiger partial charge in [0.25, 0.3) is 0 Å². The summed E-state index contributed by atoms with van der Waals surface area (Å²) in [6.45, 7) is 5.15. The maximum Gasteiger partial charge on any atom is 0.144 e. The van der Waals surface area contributed by atoms with Gasteiger partial charge in [-0.15, -0.1) is 0 Å². The molecule has 1 saturated carbocycles. The molecular formula is C15H31N3O2. The zero-order valence-electron chi connectivity index (χ0n) is 13.0. The van der Waals surface area contributed by atoms with E-state index in [0.29, 0.717) is 5.84 Å². The van der Waals surface area contributed by atoms with Gasteiger partial charge in [0.15, 0.2) is 0 Å². The van der Waals surface area contributed by atoms with Gasteiger partial charge in [0, 0.05) is 11.0 Å². The third-order valence-corrected chi connectivity index (χ3v) is 4.64. The summed E-state index contributed by atoms with van der Waals surface area (Å²) in [7, 11) is 0. The highest BCUT2D eigenvalue weighted by Gasteiger charge is 2.30. The summed E-state index contributed by atoms with van der Waals surface area (Å²) in [4.78, 5) is 0. The van der Waals surface area contributed by atoms with Gasteiger partial charge in [-0.1, -0.05) is 44.7 Å². The molecule has 0 aromatic carbocycles. The van der Waals surface area contributed by atoms with Crippen LogP contribution in [0, 0.1) is 5.41 Å². The predicted octanol–water partition coefficient (Wildman–Crippen LogP) is 2.21. The highest BCUT2D eigenvalue weighted by atomic mass is 16.4. The van der Waals surface area contributed by atoms with Crippen LogP contribution in [0.4, 0.5) is 0 Å². The van der Waals surface area contributed by atoms with Crippen molar-refractivity contribution in [1.29, 1.82) is 0 Å². The maximum atomic E-state index is 9.61. The van der Waals surface area contributed by atoms with Crippen molar-refractivity contribution in [2.45, 2.75) is 70.8 Å². The van der Waals surface area contributed by atoms with E-state index >= 15 is 0 Å². The number of nitrogens with zero attached hydrogens (tertiary/aromatic N) is 1. The summed E-state index contributed by atoms with van der Waals surface area (Å²) < 4.78 is 0. The largest absolute Gasteiger partial charge is 0.409 e. The smallest absolute Gasteiger partial charge is 0.144 e. The van der Waals surface area contributed by atoms with Crippen LogP contribution in [0.25, 0.3) is 0 Å². The third kappa shape index (κ3) is 4.94. The normalized spacial score (nSPS) is 20.1. The Hall–Kier alpha value is -0.810. The van der Waals surface area contributed by atoms with E-state index in [9.17, 15) is 5.11 Å². The molecular weight excluding hydrogens is 254 g/mol. The summed E-state index contributed by atoms with van der Waals surface area (Å²) in [6.07, 6.45) is 8.85. The van der Waals surface area contributed by atoms with Gasteiger partial charge in [-0.2, -0.15) is 0 Å². The van der Waals surface area contributed by atoms with Gasteiger partial charge in [-0.3, -0.25) is 0 Å². The van der Waals surface area contributed by atoms with Gasteiger partial charge >= 0.3 is 0 Å². The van der Waals surface area contributed by atoms with Crippen molar-refractivity contribution in [3.05, 3.63) is 0 Å². The number of hydrogen-bond donors (Lipinski definition) is 4. The number of hydrogen-bond acceptors (Lipinski definition) is 4. The van der Waals surface area contributed by atoms with E-state index in [4.69, 9.17) is 10.9 Å². The van der Waals surface area contributed by atoms with Crippen LogP contribution in [0.5, 0.6) is 0 Å². The fourth-order valence-corrected chi connectivity index (χ4v) is 2.93. The van der Waals surface area contributed by atoms with Crippen molar-refractivity contribution in [2.75, 3.05) is 13.2 Å². The van der Waals surface area contributed by atoms with Crippen molar-refractivity contribution in [3.63, 3.8) is 0 Å². The fourth-order valence-electron chi connectivity index (χ4n) is 2.93. The summed E-state index contributed by atoms with van der Waals surface area (Å²) in [5.41, 5.74) is 5.38. The monoisotopic (exact) mass is 285 g/mol. The van der Waals surface area contributed by atoms with E-state index < -0.39 is 0 Å². The Labute approximate surface area is 122 Å². The first kappa shape index (κ1) is 17.2. The molecule has 0 bridgehead atoms. The van der Waals surface area contributed by atoms with Crippen LogP contribution >= 0.6 is 0 Å². The first-order valence-corrected chi connectivity index (χ1v) is 7.80. The summed E-state index contributed by atoms with van der Waals surface area (Å²) in [6, 6.07) is 0. The number of nitrogens with one attached hydrogen (secondary N) is 1. The molecule has 1 aliphatic carbocycles. The van der Waals surface area contributed by atoms with E-state index in [1.807, 2.05) is 13.8 Å². The molecule has 5 N–H and O–H groups in total. The van der Waals surface area contributed by atoms with Gasteiger partial charge in [0.1, 0.15) is 5.84 Å². The van der Waals surface area contributed by atoms with Crippen LogP contribution in [0.1, 0.15) is 65.2 Å². The molecule has 5 nitrogen and oxygen atoms in total. The molecule has 0 heterocycles. The van der Waals surface area contributed by atoms with Gasteiger partial charge < -0.3 is 21.4 Å². The van der Waals surface area contributed by atoms with Crippen LogP contribution in [0.3, 0.4) is 0 Å². The SMILES string of the molecule is CC(C)(CCCCNC1(CO)CCCCC1)C(N)=NO. The van der Waals surface area contributed by atoms with Crippen LogP contribution in [-0.2, 0) is 0 Å². The van der Waals surface area contributed by atoms with E-state index in [0.717, 1.165) is 38.6 Å². The van der Waals surface area contributed by atoms with Crippen LogP contribution in [0.15, 0.2) is 5.16 Å². The Kier molecular flexibility index (Phi) is 6.76. The standard InChI is InChI=1S/C15H31N3O2/c1-14(2,13(16)18-20)8-6-7-11-17-15(12-19)9-4-3-5-10-15/h17,19-20H,3-12H2,1-2H3,(H2,16,18). The van der Waals surface area contributed by atoms with Crippen LogP contribution < -0.4 is 11.1 Å². The molecule has 0 unspecified atom stereocenters. The molecule has 0 amide bonds. The van der Waals surface area contributed by atoms with Crippen molar-refractivity contribution in [1.82, 2.24) is 5.32 Å². The highest BCUT2D eigenvalue weighted by Crippen LogP contribution is 2.28. The number of rotatable bonds is 8. The lowest BCUT2D eigenvalue weighted by molar-refractivity contribution is 0.120. The van der Waals surface area contributed by atoms with E-state index in [1.165, 1.54) is 19.3 Å². The lowest BCUT2D eigenvalue weighted by Gasteiger charge is -2.37. The first-order valence-electron chi connectivity index (χ1n) is 7.80. The topological polar surface area (TPSA) is 90.9 Å². The number of aliphatic hydroxyl groups is 1. The average molecular weight is 285 g/mol. The number of amidine groups is 1. The van der Waals surface area contributed by atoms with Gasteiger partial charge in [0.2, 0.25) is 0 Å². The second kappa shape index (κ2) is 7.84. The second-order valence-electron chi connectivity index (χ2n) is 6.75. The molecule has 0 radical (unpaired) electrons. The predicted molar refractivity (Wildman–Crippen MR) is 81.9 cm³/mol. The Morgan fingerprint density at radius 3 is 2.45 bits per heavy atom. The van der Waals surface area contributed by atoms with Crippen molar-refractivity contribution in [3.8, 4) is 0 Å². The van der Waals surface area contributed by atoms with Gasteiger partial charge in [-0.05, 0) is 32.2 Å². The van der Waals surface area contributed by atoms with E-state index in [-0.39, 0.29) is 17.6 Å². The molecule has 0 aromatic heterocycles. The van der Waals surface area contributed by atoms with Crippen LogP contribution in [0.2, 0.25) is 0 Å². The van der Waals surface area contributed by atoms with E-state index in [1.54, 1.807) is 0 Å². The Morgan fingerprint density at radius 1 is 1.25 bits per heavy atom.